The summed E-state index contributed by atoms with van der Waals surface area (Å²) in [6.45, 7) is 3.72. The maximum Gasteiger partial charge on any atom is 0.238 e. The van der Waals surface area contributed by atoms with E-state index in [0.717, 1.165) is 17.7 Å². The molecular formula is C20H18O7. The molecule has 5 N–H and O–H groups in total. The number of hydrogen-bond donors (Lipinski definition) is 5. The summed E-state index contributed by atoms with van der Waals surface area (Å²) in [4.78, 5) is 12.5. The van der Waals surface area contributed by atoms with E-state index in [2.05, 4.69) is 0 Å². The summed E-state index contributed by atoms with van der Waals surface area (Å²) in [6, 6.07) is 4.70. The fourth-order valence-electron chi connectivity index (χ4n) is 2.81. The van der Waals surface area contributed by atoms with Crippen molar-refractivity contribution in [2.75, 3.05) is 0 Å². The highest BCUT2D eigenvalue weighted by atomic mass is 16.4. The number of phenols is 4. The minimum Gasteiger partial charge on any atom is -0.508 e. The van der Waals surface area contributed by atoms with Gasteiger partial charge in [0.2, 0.25) is 11.2 Å². The molecule has 0 aliphatic carbocycles. The van der Waals surface area contributed by atoms with Crippen LogP contribution in [0.25, 0.3) is 22.3 Å². The molecule has 0 amide bonds. The normalized spacial score (nSPS) is 10.9. The van der Waals surface area contributed by atoms with Crippen molar-refractivity contribution in [3.05, 3.63) is 51.7 Å². The van der Waals surface area contributed by atoms with E-state index in [0.29, 0.717) is 0 Å². The van der Waals surface area contributed by atoms with E-state index < -0.39 is 22.7 Å². The summed E-state index contributed by atoms with van der Waals surface area (Å²) in [5.41, 5.74) is 0.388. The Morgan fingerprint density at radius 2 is 1.70 bits per heavy atom. The molecule has 3 rings (SSSR count). The zero-order valence-electron chi connectivity index (χ0n) is 14.6. The summed E-state index contributed by atoms with van der Waals surface area (Å²) >= 11 is 0. The van der Waals surface area contributed by atoms with Gasteiger partial charge in [-0.05, 0) is 32.4 Å². The predicted octanol–water partition coefficient (Wildman–Crippen LogP) is 3.50. The Bertz CT molecular complexity index is 1140. The number of rotatable bonds is 3. The van der Waals surface area contributed by atoms with Crippen LogP contribution >= 0.6 is 0 Å². The van der Waals surface area contributed by atoms with Gasteiger partial charge in [-0.25, -0.2) is 0 Å². The summed E-state index contributed by atoms with van der Waals surface area (Å²) in [7, 11) is 0. The lowest BCUT2D eigenvalue weighted by Gasteiger charge is -2.13. The first-order valence-corrected chi connectivity index (χ1v) is 8.10. The van der Waals surface area contributed by atoms with Crippen molar-refractivity contribution >= 4 is 11.0 Å². The number of benzene rings is 2. The Morgan fingerprint density at radius 1 is 1.00 bits per heavy atom. The summed E-state index contributed by atoms with van der Waals surface area (Å²) < 4.78 is 5.58. The molecule has 140 valence electrons. The number of aromatic hydroxyl groups is 5. The van der Waals surface area contributed by atoms with Gasteiger partial charge in [0, 0.05) is 23.3 Å². The zero-order valence-corrected chi connectivity index (χ0v) is 14.6. The minimum absolute atomic E-state index is 0.133. The lowest BCUT2D eigenvalue weighted by molar-refractivity contribution is 0.400. The van der Waals surface area contributed by atoms with Gasteiger partial charge >= 0.3 is 0 Å². The molecule has 7 nitrogen and oxygen atoms in total. The molecule has 0 saturated heterocycles. The lowest BCUT2D eigenvalue weighted by atomic mass is 9.98. The van der Waals surface area contributed by atoms with Gasteiger partial charge in [0.25, 0.3) is 0 Å². The second-order valence-corrected chi connectivity index (χ2v) is 6.39. The smallest absolute Gasteiger partial charge is 0.238 e. The van der Waals surface area contributed by atoms with Gasteiger partial charge < -0.3 is 29.9 Å². The molecule has 3 aromatic rings. The Hall–Kier alpha value is -3.61. The van der Waals surface area contributed by atoms with Crippen LogP contribution in [0.3, 0.4) is 0 Å². The molecule has 0 spiro atoms. The topological polar surface area (TPSA) is 131 Å². The van der Waals surface area contributed by atoms with Crippen LogP contribution in [0.15, 0.2) is 45.1 Å². The van der Waals surface area contributed by atoms with E-state index in [1.165, 1.54) is 12.1 Å². The van der Waals surface area contributed by atoms with E-state index in [4.69, 9.17) is 4.42 Å². The molecule has 0 bridgehead atoms. The van der Waals surface area contributed by atoms with E-state index in [1.54, 1.807) is 6.08 Å². The number of fused-ring (bicyclic) bond motifs is 1. The largest absolute Gasteiger partial charge is 0.508 e. The van der Waals surface area contributed by atoms with E-state index >= 15 is 0 Å². The number of phenolic OH excluding ortho intramolecular Hbond substituents is 4. The van der Waals surface area contributed by atoms with Gasteiger partial charge in [0.1, 0.15) is 22.5 Å². The third-order valence-corrected chi connectivity index (χ3v) is 4.16. The standard InChI is InChI=1S/C20H18O7/c1-9(2)3-4-11-12(5-6-13(22)17(11)24)20-19(26)18(25)16-14(23)7-10(21)8-15(16)27-20/h3,5-8,21-24,26H,4H2,1-2H3. The lowest BCUT2D eigenvalue weighted by Crippen LogP contribution is -2.04. The molecule has 0 atom stereocenters. The fraction of sp³-hybridized carbons (Fsp3) is 0.150. The second kappa shape index (κ2) is 6.60. The molecule has 0 radical (unpaired) electrons. The molecule has 0 fully saturated rings. The van der Waals surface area contributed by atoms with Crippen LogP contribution in [0.2, 0.25) is 0 Å². The molecule has 0 saturated carbocycles. The van der Waals surface area contributed by atoms with Gasteiger partial charge in [0.05, 0.1) is 0 Å². The van der Waals surface area contributed by atoms with E-state index in [-0.39, 0.29) is 45.8 Å². The van der Waals surface area contributed by atoms with Crippen molar-refractivity contribution in [3.8, 4) is 40.1 Å². The molecule has 2 aromatic carbocycles. The summed E-state index contributed by atoms with van der Waals surface area (Å²) in [5.74, 6) is -2.60. The van der Waals surface area contributed by atoms with Crippen molar-refractivity contribution in [1.82, 2.24) is 0 Å². The molecule has 1 aromatic heterocycles. The molecule has 0 aliphatic rings. The fourth-order valence-corrected chi connectivity index (χ4v) is 2.81. The SMILES string of the molecule is CC(C)=CCc1c(-c2oc3cc(O)cc(O)c3c(=O)c2O)ccc(O)c1O. The van der Waals surface area contributed by atoms with Gasteiger partial charge in [-0.1, -0.05) is 11.6 Å². The third kappa shape index (κ3) is 3.15. The zero-order chi connectivity index (χ0) is 19.9. The highest BCUT2D eigenvalue weighted by Crippen LogP contribution is 2.41. The quantitative estimate of drug-likeness (QED) is 0.352. The van der Waals surface area contributed by atoms with Gasteiger partial charge in [0.15, 0.2) is 17.3 Å². The van der Waals surface area contributed by atoms with Crippen LogP contribution in [0.5, 0.6) is 28.7 Å². The molecule has 1 heterocycles. The average Bonchev–Trinajstić information content (AvgIpc) is 2.58. The molecular weight excluding hydrogens is 352 g/mol. The first-order valence-electron chi connectivity index (χ1n) is 8.10. The Morgan fingerprint density at radius 3 is 2.37 bits per heavy atom. The monoisotopic (exact) mass is 370 g/mol. The van der Waals surface area contributed by atoms with Crippen molar-refractivity contribution in [2.45, 2.75) is 20.3 Å². The van der Waals surface area contributed by atoms with Gasteiger partial charge in [-0.3, -0.25) is 4.79 Å². The van der Waals surface area contributed by atoms with Crippen molar-refractivity contribution < 1.29 is 29.9 Å². The molecule has 7 heteroatoms. The number of allylic oxidation sites excluding steroid dienone is 2. The highest BCUT2D eigenvalue weighted by molar-refractivity contribution is 5.88. The predicted molar refractivity (Wildman–Crippen MR) is 99.4 cm³/mol. The van der Waals surface area contributed by atoms with E-state index in [9.17, 15) is 30.3 Å². The van der Waals surface area contributed by atoms with Crippen molar-refractivity contribution in [2.24, 2.45) is 0 Å². The first kappa shape index (κ1) is 18.2. The Kier molecular flexibility index (Phi) is 4.45. The molecule has 0 aliphatic heterocycles. The maximum atomic E-state index is 12.5. The van der Waals surface area contributed by atoms with Crippen molar-refractivity contribution in [3.63, 3.8) is 0 Å². The summed E-state index contributed by atoms with van der Waals surface area (Å²) in [6.07, 6.45) is 2.01. The van der Waals surface area contributed by atoms with Crippen LogP contribution in [-0.2, 0) is 6.42 Å². The van der Waals surface area contributed by atoms with Crippen LogP contribution in [0.1, 0.15) is 19.4 Å². The average molecular weight is 370 g/mol. The molecule has 27 heavy (non-hydrogen) atoms. The second-order valence-electron chi connectivity index (χ2n) is 6.39. The highest BCUT2D eigenvalue weighted by Gasteiger charge is 2.22. The number of hydrogen-bond acceptors (Lipinski definition) is 7. The van der Waals surface area contributed by atoms with Crippen LogP contribution in [0, 0.1) is 0 Å². The minimum atomic E-state index is -0.885. The van der Waals surface area contributed by atoms with Gasteiger partial charge in [-0.2, -0.15) is 0 Å². The van der Waals surface area contributed by atoms with Crippen LogP contribution in [0.4, 0.5) is 0 Å². The first-order chi connectivity index (χ1) is 12.7. The molecule has 0 unspecified atom stereocenters. The maximum absolute atomic E-state index is 12.5. The van der Waals surface area contributed by atoms with Crippen LogP contribution in [-0.4, -0.2) is 25.5 Å². The van der Waals surface area contributed by atoms with Crippen LogP contribution < -0.4 is 5.43 Å². The third-order valence-electron chi connectivity index (χ3n) is 4.16. The van der Waals surface area contributed by atoms with Gasteiger partial charge in [-0.15, -0.1) is 0 Å². The summed E-state index contributed by atoms with van der Waals surface area (Å²) in [5, 5.41) is 49.7. The Balaban J connectivity index is 2.36. The van der Waals surface area contributed by atoms with E-state index in [1.807, 2.05) is 13.8 Å². The van der Waals surface area contributed by atoms with Crippen molar-refractivity contribution in [1.29, 1.82) is 0 Å². The Labute approximate surface area is 153 Å².